The van der Waals surface area contributed by atoms with Crippen LogP contribution in [-0.2, 0) is 33.2 Å². The molecule has 12 nitrogen and oxygen atoms in total. The molecule has 0 saturated carbocycles. The van der Waals surface area contributed by atoms with Crippen LogP contribution in [0.3, 0.4) is 0 Å². The highest BCUT2D eigenvalue weighted by molar-refractivity contribution is 7.51. The smallest absolute Gasteiger partial charge is 0.410 e. The molecule has 0 aliphatic heterocycles. The van der Waals surface area contributed by atoms with Crippen molar-refractivity contribution in [3.05, 3.63) is 0 Å². The quantitative estimate of drug-likeness (QED) is 0.182. The fourth-order valence-corrected chi connectivity index (χ4v) is 2.24. The molecule has 0 spiro atoms. The van der Waals surface area contributed by atoms with Crippen LogP contribution in [0, 0.1) is 5.41 Å². The van der Waals surface area contributed by atoms with Crippen molar-refractivity contribution < 1.29 is 52.8 Å². The van der Waals surface area contributed by atoms with Crippen LogP contribution >= 0.6 is 7.60 Å². The van der Waals surface area contributed by atoms with E-state index in [4.69, 9.17) is 29.1 Å². The summed E-state index contributed by atoms with van der Waals surface area (Å²) in [5.74, 6) is -2.73. The average molecular weight is 427 g/mol. The molecular formula is C15H26NO11P. The highest BCUT2D eigenvalue weighted by Crippen LogP contribution is 2.35. The van der Waals surface area contributed by atoms with Gasteiger partial charge in [-0.05, 0) is 33.6 Å². The van der Waals surface area contributed by atoms with Crippen molar-refractivity contribution in [3.8, 4) is 0 Å². The summed E-state index contributed by atoms with van der Waals surface area (Å²) in [5.41, 5.74) is -0.738. The van der Waals surface area contributed by atoms with Crippen LogP contribution in [0.5, 0.6) is 0 Å². The zero-order valence-electron chi connectivity index (χ0n) is 16.0. The molecule has 13 heteroatoms. The number of hydrogen-bond acceptors (Lipinski definition) is 8. The van der Waals surface area contributed by atoms with Crippen molar-refractivity contribution in [2.75, 3.05) is 32.7 Å². The van der Waals surface area contributed by atoms with Gasteiger partial charge in [-0.25, -0.2) is 9.59 Å². The van der Waals surface area contributed by atoms with Crippen molar-refractivity contribution in [2.45, 2.75) is 33.6 Å². The van der Waals surface area contributed by atoms with E-state index in [9.17, 15) is 23.7 Å². The summed E-state index contributed by atoms with van der Waals surface area (Å²) in [6.45, 7) is 3.28. The third-order valence-electron chi connectivity index (χ3n) is 2.90. The van der Waals surface area contributed by atoms with Gasteiger partial charge in [0, 0.05) is 0 Å². The van der Waals surface area contributed by atoms with Crippen LogP contribution in [0.2, 0.25) is 0 Å². The normalized spacial score (nSPS) is 11.5. The second-order valence-electron chi connectivity index (χ2n) is 6.77. The van der Waals surface area contributed by atoms with Crippen LogP contribution in [0.25, 0.3) is 0 Å². The van der Waals surface area contributed by atoms with Crippen molar-refractivity contribution in [2.24, 2.45) is 5.41 Å². The Labute approximate surface area is 161 Å². The van der Waals surface area contributed by atoms with Crippen LogP contribution in [0.15, 0.2) is 0 Å². The molecule has 0 aromatic heterocycles. The number of carbonyl (C=O) groups is 4. The van der Waals surface area contributed by atoms with Gasteiger partial charge in [-0.15, -0.1) is 0 Å². The predicted molar refractivity (Wildman–Crippen MR) is 93.2 cm³/mol. The zero-order valence-corrected chi connectivity index (χ0v) is 16.8. The van der Waals surface area contributed by atoms with Crippen molar-refractivity contribution in [3.63, 3.8) is 0 Å². The first kappa shape index (κ1) is 25.8. The Kier molecular flexibility index (Phi) is 10.7. The first-order valence-electron chi connectivity index (χ1n) is 8.23. The maximum atomic E-state index is 11.7. The number of carboxylic acids is 1. The minimum absolute atomic E-state index is 0.0230. The molecule has 0 aliphatic rings. The van der Waals surface area contributed by atoms with E-state index in [0.717, 1.165) is 0 Å². The van der Waals surface area contributed by atoms with Gasteiger partial charge in [-0.3, -0.25) is 19.1 Å². The molecule has 28 heavy (non-hydrogen) atoms. The molecule has 0 aliphatic carbocycles. The predicted octanol–water partition coefficient (Wildman–Crippen LogP) is 0.557. The minimum atomic E-state index is -4.65. The number of carbonyl (C=O) groups excluding carboxylic acids is 3. The highest BCUT2D eigenvalue weighted by atomic mass is 31.2. The third kappa shape index (κ3) is 13.1. The van der Waals surface area contributed by atoms with E-state index in [1.807, 2.05) is 0 Å². The summed E-state index contributed by atoms with van der Waals surface area (Å²) in [7, 11) is -4.65. The molecule has 0 atom stereocenters. The largest absolute Gasteiger partial charge is 0.480 e. The van der Waals surface area contributed by atoms with Gasteiger partial charge >= 0.3 is 31.6 Å². The summed E-state index contributed by atoms with van der Waals surface area (Å²) in [4.78, 5) is 63.3. The fourth-order valence-electron chi connectivity index (χ4n) is 1.58. The summed E-state index contributed by atoms with van der Waals surface area (Å²) < 4.78 is 25.3. The van der Waals surface area contributed by atoms with E-state index in [2.05, 4.69) is 0 Å². The van der Waals surface area contributed by atoms with Gasteiger partial charge in [-0.1, -0.05) is 0 Å². The number of amides is 1. The molecule has 1 amide bonds. The summed E-state index contributed by atoms with van der Waals surface area (Å²) in [6, 6.07) is 0. The first-order valence-corrected chi connectivity index (χ1v) is 10.0. The van der Waals surface area contributed by atoms with Crippen molar-refractivity contribution in [1.82, 2.24) is 4.90 Å². The minimum Gasteiger partial charge on any atom is -0.480 e. The molecule has 0 rings (SSSR count). The number of carboxylic acid groups (broad SMARTS) is 1. The van der Waals surface area contributed by atoms with E-state index in [-0.39, 0.29) is 19.6 Å². The summed E-state index contributed by atoms with van der Waals surface area (Å²) in [5, 5.41) is 8.66. The number of ether oxygens (including phenoxy) is 3. The van der Waals surface area contributed by atoms with E-state index in [1.165, 1.54) is 0 Å². The Morgan fingerprint density at radius 1 is 0.964 bits per heavy atom. The zero-order chi connectivity index (χ0) is 22.0. The van der Waals surface area contributed by atoms with Crippen LogP contribution in [0.4, 0.5) is 4.79 Å². The molecule has 0 bridgehead atoms. The Bertz CT molecular complexity index is 608. The number of esters is 2. The maximum absolute atomic E-state index is 11.7. The lowest BCUT2D eigenvalue weighted by molar-refractivity contribution is -0.164. The van der Waals surface area contributed by atoms with Crippen LogP contribution in [0.1, 0.15) is 33.6 Å². The Hall–Kier alpha value is -2.17. The van der Waals surface area contributed by atoms with Crippen LogP contribution in [-0.4, -0.2) is 76.4 Å². The number of unbranched alkanes of at least 4 members (excludes halogenated alkanes) is 1. The van der Waals surface area contributed by atoms with Gasteiger partial charge in [0.25, 0.3) is 0 Å². The number of nitrogens with zero attached hydrogens (tertiary/aromatic N) is 1. The molecule has 3 N–H and O–H groups in total. The Balaban J connectivity index is 4.06. The van der Waals surface area contributed by atoms with E-state index >= 15 is 0 Å². The highest BCUT2D eigenvalue weighted by Gasteiger charge is 2.26. The molecule has 0 unspecified atom stereocenters. The maximum Gasteiger partial charge on any atom is 0.410 e. The average Bonchev–Trinajstić information content (AvgIpc) is 2.52. The standard InChI is InChI=1S/C15H26NO11P/c1-15(2,3)13(20)27-9-12(19)25-6-4-5-7-26-14(21)16(8-11(17)18)10-28(22,23)24/h4-10H2,1-3H3,(H,17,18)(H2,22,23,24). The van der Waals surface area contributed by atoms with Gasteiger partial charge in [0.1, 0.15) is 12.8 Å². The lowest BCUT2D eigenvalue weighted by atomic mass is 9.97. The van der Waals surface area contributed by atoms with Crippen LogP contribution < -0.4 is 0 Å². The van der Waals surface area contributed by atoms with E-state index in [1.54, 1.807) is 20.8 Å². The molecule has 0 fully saturated rings. The fraction of sp³-hybridized carbons (Fsp3) is 0.733. The van der Waals surface area contributed by atoms with Gasteiger partial charge in [0.2, 0.25) is 0 Å². The third-order valence-corrected chi connectivity index (χ3v) is 3.61. The topological polar surface area (TPSA) is 177 Å². The molecular weight excluding hydrogens is 401 g/mol. The van der Waals surface area contributed by atoms with Gasteiger partial charge < -0.3 is 29.1 Å². The SMILES string of the molecule is CC(C)(C)C(=O)OCC(=O)OCCCCOC(=O)N(CC(=O)O)CP(=O)(O)O. The second-order valence-corrected chi connectivity index (χ2v) is 8.38. The second kappa shape index (κ2) is 11.6. The van der Waals surface area contributed by atoms with Crippen molar-refractivity contribution in [1.29, 1.82) is 0 Å². The molecule has 162 valence electrons. The molecule has 0 aromatic rings. The lowest BCUT2D eigenvalue weighted by Crippen LogP contribution is -2.37. The summed E-state index contributed by atoms with van der Waals surface area (Å²) >= 11 is 0. The van der Waals surface area contributed by atoms with Gasteiger partial charge in [0.15, 0.2) is 6.61 Å². The molecule has 0 heterocycles. The lowest BCUT2D eigenvalue weighted by Gasteiger charge is -2.20. The Morgan fingerprint density at radius 3 is 1.96 bits per heavy atom. The monoisotopic (exact) mass is 427 g/mol. The molecule has 0 saturated heterocycles. The van der Waals surface area contributed by atoms with Crippen molar-refractivity contribution >= 4 is 31.6 Å². The first-order chi connectivity index (χ1) is 12.7. The van der Waals surface area contributed by atoms with E-state index < -0.39 is 56.4 Å². The number of aliphatic carboxylic acids is 1. The molecule has 0 radical (unpaired) electrons. The number of rotatable bonds is 11. The number of hydrogen-bond donors (Lipinski definition) is 3. The van der Waals surface area contributed by atoms with Gasteiger partial charge in [-0.2, -0.15) is 0 Å². The Morgan fingerprint density at radius 2 is 1.50 bits per heavy atom. The molecule has 0 aromatic carbocycles. The van der Waals surface area contributed by atoms with Gasteiger partial charge in [0.05, 0.1) is 18.6 Å². The van der Waals surface area contributed by atoms with E-state index in [0.29, 0.717) is 11.3 Å². The summed E-state index contributed by atoms with van der Waals surface area (Å²) in [6.07, 6.45) is -1.72.